The zero-order valence-corrected chi connectivity index (χ0v) is 13.2. The maximum atomic E-state index is 5.23. The average Bonchev–Trinajstić information content (AvgIpc) is 3.06. The minimum Gasteiger partial charge on any atom is -0.497 e. The lowest BCUT2D eigenvalue weighted by molar-refractivity contribution is 0.415. The molecule has 0 aliphatic rings. The van der Waals surface area contributed by atoms with E-state index in [-0.39, 0.29) is 0 Å². The second kappa shape index (κ2) is 6.04. The van der Waals surface area contributed by atoms with Crippen LogP contribution in [0.5, 0.6) is 5.75 Å². The van der Waals surface area contributed by atoms with Crippen molar-refractivity contribution in [3.05, 3.63) is 66.9 Å². The van der Waals surface area contributed by atoms with Crippen LogP contribution in [0, 0.1) is 0 Å². The SMILES string of the molecule is COc1cccc(Nc2ccc(-c3nc4ccccc4[nH]3)cn2)c1. The van der Waals surface area contributed by atoms with E-state index in [1.165, 1.54) is 0 Å². The van der Waals surface area contributed by atoms with Gasteiger partial charge in [0.25, 0.3) is 0 Å². The van der Waals surface area contributed by atoms with E-state index in [9.17, 15) is 0 Å². The maximum Gasteiger partial charge on any atom is 0.140 e. The predicted molar refractivity (Wildman–Crippen MR) is 95.6 cm³/mol. The molecule has 118 valence electrons. The Kier molecular flexibility index (Phi) is 3.59. The molecule has 4 aromatic rings. The van der Waals surface area contributed by atoms with E-state index >= 15 is 0 Å². The average molecular weight is 316 g/mol. The number of aromatic nitrogens is 3. The van der Waals surface area contributed by atoms with Crippen molar-refractivity contribution in [1.29, 1.82) is 0 Å². The van der Waals surface area contributed by atoms with Crippen LogP contribution in [-0.4, -0.2) is 22.1 Å². The number of methoxy groups -OCH3 is 1. The molecule has 0 amide bonds. The van der Waals surface area contributed by atoms with Gasteiger partial charge in [-0.25, -0.2) is 9.97 Å². The van der Waals surface area contributed by atoms with E-state index in [0.29, 0.717) is 0 Å². The smallest absolute Gasteiger partial charge is 0.140 e. The van der Waals surface area contributed by atoms with Crippen LogP contribution < -0.4 is 10.1 Å². The van der Waals surface area contributed by atoms with Crippen molar-refractivity contribution in [2.75, 3.05) is 12.4 Å². The van der Waals surface area contributed by atoms with Crippen molar-refractivity contribution < 1.29 is 4.74 Å². The van der Waals surface area contributed by atoms with Crippen LogP contribution in [0.15, 0.2) is 66.9 Å². The van der Waals surface area contributed by atoms with E-state index in [0.717, 1.165) is 39.7 Å². The largest absolute Gasteiger partial charge is 0.497 e. The normalized spacial score (nSPS) is 10.7. The number of benzene rings is 2. The molecule has 2 heterocycles. The molecule has 0 bridgehead atoms. The third-order valence-corrected chi connectivity index (χ3v) is 3.77. The molecule has 0 fully saturated rings. The zero-order valence-electron chi connectivity index (χ0n) is 13.2. The highest BCUT2D eigenvalue weighted by molar-refractivity contribution is 5.79. The highest BCUT2D eigenvalue weighted by atomic mass is 16.5. The molecule has 24 heavy (non-hydrogen) atoms. The molecule has 2 aromatic heterocycles. The van der Waals surface area contributed by atoms with Gasteiger partial charge in [-0.05, 0) is 36.4 Å². The first-order chi connectivity index (χ1) is 11.8. The number of H-pyrrole nitrogens is 1. The molecule has 0 saturated carbocycles. The Bertz CT molecular complexity index is 943. The highest BCUT2D eigenvalue weighted by Crippen LogP contribution is 2.23. The van der Waals surface area contributed by atoms with Gasteiger partial charge in [0.05, 0.1) is 18.1 Å². The quantitative estimate of drug-likeness (QED) is 0.586. The highest BCUT2D eigenvalue weighted by Gasteiger charge is 2.05. The van der Waals surface area contributed by atoms with Crippen LogP contribution in [0.1, 0.15) is 0 Å². The van der Waals surface area contributed by atoms with Gasteiger partial charge in [0, 0.05) is 23.5 Å². The van der Waals surface area contributed by atoms with E-state index in [1.807, 2.05) is 60.7 Å². The van der Waals surface area contributed by atoms with Crippen LogP contribution in [0.2, 0.25) is 0 Å². The summed E-state index contributed by atoms with van der Waals surface area (Å²) >= 11 is 0. The summed E-state index contributed by atoms with van der Waals surface area (Å²) in [5.41, 5.74) is 3.85. The van der Waals surface area contributed by atoms with Gasteiger partial charge in [-0.3, -0.25) is 0 Å². The summed E-state index contributed by atoms with van der Waals surface area (Å²) in [7, 11) is 1.65. The minimum absolute atomic E-state index is 0.767. The van der Waals surface area contributed by atoms with E-state index in [2.05, 4.69) is 20.3 Å². The van der Waals surface area contributed by atoms with Crippen molar-refractivity contribution in [2.45, 2.75) is 0 Å². The van der Waals surface area contributed by atoms with Gasteiger partial charge in [-0.1, -0.05) is 18.2 Å². The molecule has 0 radical (unpaired) electrons. The molecule has 0 unspecified atom stereocenters. The van der Waals surface area contributed by atoms with Gasteiger partial charge >= 0.3 is 0 Å². The molecule has 0 atom stereocenters. The van der Waals surface area contributed by atoms with Gasteiger partial charge in [-0.15, -0.1) is 0 Å². The van der Waals surface area contributed by atoms with Gasteiger partial charge < -0.3 is 15.0 Å². The molecule has 0 aliphatic heterocycles. The number of anilines is 2. The fourth-order valence-electron chi connectivity index (χ4n) is 2.55. The van der Waals surface area contributed by atoms with Crippen molar-refractivity contribution in [3.8, 4) is 17.1 Å². The van der Waals surface area contributed by atoms with Crippen LogP contribution in [-0.2, 0) is 0 Å². The van der Waals surface area contributed by atoms with E-state index < -0.39 is 0 Å². The van der Waals surface area contributed by atoms with Crippen LogP contribution in [0.3, 0.4) is 0 Å². The zero-order chi connectivity index (χ0) is 16.4. The first kappa shape index (κ1) is 14.3. The number of nitrogens with zero attached hydrogens (tertiary/aromatic N) is 2. The maximum absolute atomic E-state index is 5.23. The Morgan fingerprint density at radius 3 is 2.71 bits per heavy atom. The first-order valence-corrected chi connectivity index (χ1v) is 7.64. The van der Waals surface area contributed by atoms with Crippen LogP contribution in [0.25, 0.3) is 22.4 Å². The number of aromatic amines is 1. The van der Waals surface area contributed by atoms with Gasteiger partial charge in [0.2, 0.25) is 0 Å². The molecule has 0 spiro atoms. The monoisotopic (exact) mass is 316 g/mol. The number of ether oxygens (including phenoxy) is 1. The Morgan fingerprint density at radius 2 is 1.92 bits per heavy atom. The number of fused-ring (bicyclic) bond motifs is 1. The molecule has 5 heteroatoms. The Labute approximate surface area is 139 Å². The first-order valence-electron chi connectivity index (χ1n) is 7.64. The summed E-state index contributed by atoms with van der Waals surface area (Å²) in [5.74, 6) is 2.39. The van der Waals surface area contributed by atoms with Crippen molar-refractivity contribution in [3.63, 3.8) is 0 Å². The van der Waals surface area contributed by atoms with Gasteiger partial charge in [0.1, 0.15) is 17.4 Å². The summed E-state index contributed by atoms with van der Waals surface area (Å²) in [6.45, 7) is 0. The number of nitrogens with one attached hydrogen (secondary N) is 2. The van der Waals surface area contributed by atoms with Crippen molar-refractivity contribution >= 4 is 22.5 Å². The number of rotatable bonds is 4. The lowest BCUT2D eigenvalue weighted by atomic mass is 10.2. The second-order valence-corrected chi connectivity index (χ2v) is 5.39. The predicted octanol–water partition coefficient (Wildman–Crippen LogP) is 4.38. The molecule has 2 aromatic carbocycles. The molecular weight excluding hydrogens is 300 g/mol. The van der Waals surface area contributed by atoms with Crippen molar-refractivity contribution in [2.24, 2.45) is 0 Å². The fourth-order valence-corrected chi connectivity index (χ4v) is 2.55. The van der Waals surface area contributed by atoms with Crippen LogP contribution >= 0.6 is 0 Å². The second-order valence-electron chi connectivity index (χ2n) is 5.39. The molecule has 0 saturated heterocycles. The Morgan fingerprint density at radius 1 is 1.00 bits per heavy atom. The van der Waals surface area contributed by atoms with Gasteiger partial charge in [0.15, 0.2) is 0 Å². The summed E-state index contributed by atoms with van der Waals surface area (Å²) in [6.07, 6.45) is 1.81. The topological polar surface area (TPSA) is 62.8 Å². The Hall–Kier alpha value is -3.34. The molecule has 2 N–H and O–H groups in total. The number of para-hydroxylation sites is 2. The summed E-state index contributed by atoms with van der Waals surface area (Å²) in [6, 6.07) is 19.6. The Balaban J connectivity index is 1.57. The number of hydrogen-bond donors (Lipinski definition) is 2. The number of imidazole rings is 1. The standard InChI is InChI=1S/C19H16N4O/c1-24-15-6-4-5-14(11-15)21-18-10-9-13(12-20-18)19-22-16-7-2-3-8-17(16)23-19/h2-12H,1H3,(H,20,21)(H,22,23). The van der Waals surface area contributed by atoms with E-state index in [1.54, 1.807) is 13.3 Å². The molecular formula is C19H16N4O. The van der Waals surface area contributed by atoms with Crippen LogP contribution in [0.4, 0.5) is 11.5 Å². The lowest BCUT2D eigenvalue weighted by Crippen LogP contribution is -1.94. The lowest BCUT2D eigenvalue weighted by Gasteiger charge is -2.07. The molecule has 4 rings (SSSR count). The summed E-state index contributed by atoms with van der Waals surface area (Å²) in [5, 5.41) is 3.26. The number of pyridine rings is 1. The third-order valence-electron chi connectivity index (χ3n) is 3.77. The number of hydrogen-bond acceptors (Lipinski definition) is 4. The molecule has 5 nitrogen and oxygen atoms in total. The van der Waals surface area contributed by atoms with Gasteiger partial charge in [-0.2, -0.15) is 0 Å². The molecule has 0 aliphatic carbocycles. The third kappa shape index (κ3) is 2.79. The summed E-state index contributed by atoms with van der Waals surface area (Å²) < 4.78 is 5.23. The minimum atomic E-state index is 0.767. The fraction of sp³-hybridized carbons (Fsp3) is 0.0526. The van der Waals surface area contributed by atoms with Crippen molar-refractivity contribution in [1.82, 2.24) is 15.0 Å². The summed E-state index contributed by atoms with van der Waals surface area (Å²) in [4.78, 5) is 12.4. The van der Waals surface area contributed by atoms with E-state index in [4.69, 9.17) is 4.74 Å².